The second-order valence-electron chi connectivity index (χ2n) is 7.27. The first-order chi connectivity index (χ1) is 12.0. The standard InChI is InChI=1S/C19H25NO6/c1-18(2,3)26-17(22)20-9-7-8-12-10-13(23-6)11-14-15(12)16(21)25-19(4,5)24-14/h7-8,10-11H,9H2,1-6H3,(H,20,22)/b8-7+. The monoisotopic (exact) mass is 363 g/mol. The lowest BCUT2D eigenvalue weighted by Gasteiger charge is -2.32. The van der Waals surface area contributed by atoms with Gasteiger partial charge < -0.3 is 24.3 Å². The molecule has 1 N–H and O–H groups in total. The predicted molar refractivity (Wildman–Crippen MR) is 96.4 cm³/mol. The maximum absolute atomic E-state index is 12.4. The highest BCUT2D eigenvalue weighted by Crippen LogP contribution is 2.37. The molecule has 7 nitrogen and oxygen atoms in total. The van der Waals surface area contributed by atoms with Crippen LogP contribution < -0.4 is 14.8 Å². The van der Waals surface area contributed by atoms with Crippen molar-refractivity contribution in [2.24, 2.45) is 0 Å². The first kappa shape index (κ1) is 19.6. The average molecular weight is 363 g/mol. The van der Waals surface area contributed by atoms with Crippen molar-refractivity contribution in [3.05, 3.63) is 29.3 Å². The summed E-state index contributed by atoms with van der Waals surface area (Å²) in [4.78, 5) is 24.0. The van der Waals surface area contributed by atoms with Crippen molar-refractivity contribution < 1.29 is 28.5 Å². The molecule has 1 heterocycles. The average Bonchev–Trinajstić information content (AvgIpc) is 2.47. The summed E-state index contributed by atoms with van der Waals surface area (Å²) < 4.78 is 21.4. The Kier molecular flexibility index (Phi) is 5.49. The lowest BCUT2D eigenvalue weighted by atomic mass is 10.0. The molecule has 0 spiro atoms. The van der Waals surface area contributed by atoms with Gasteiger partial charge in [-0.1, -0.05) is 12.2 Å². The molecule has 1 aromatic carbocycles. The summed E-state index contributed by atoms with van der Waals surface area (Å²) in [7, 11) is 1.53. The highest BCUT2D eigenvalue weighted by molar-refractivity contribution is 5.98. The van der Waals surface area contributed by atoms with Crippen LogP contribution in [0.4, 0.5) is 4.79 Å². The molecule has 1 aromatic rings. The van der Waals surface area contributed by atoms with Gasteiger partial charge >= 0.3 is 12.1 Å². The van der Waals surface area contributed by atoms with Crippen LogP contribution in [0.1, 0.15) is 50.5 Å². The fraction of sp³-hybridized carbons (Fsp3) is 0.474. The zero-order valence-corrected chi connectivity index (χ0v) is 16.0. The van der Waals surface area contributed by atoms with Crippen LogP contribution in [-0.2, 0) is 9.47 Å². The minimum atomic E-state index is -1.05. The maximum atomic E-state index is 12.4. The van der Waals surface area contributed by atoms with Crippen molar-refractivity contribution in [1.29, 1.82) is 0 Å². The third-order valence-electron chi connectivity index (χ3n) is 3.30. The number of rotatable bonds is 4. The van der Waals surface area contributed by atoms with Crippen LogP contribution in [-0.4, -0.2) is 37.1 Å². The summed E-state index contributed by atoms with van der Waals surface area (Å²) in [5.74, 6) is -0.576. The molecule has 1 aliphatic heterocycles. The van der Waals surface area contributed by atoms with E-state index in [0.29, 0.717) is 22.6 Å². The number of amides is 1. The number of benzene rings is 1. The predicted octanol–water partition coefficient (Wildman–Crippen LogP) is 3.52. The molecule has 0 bridgehead atoms. The molecule has 0 aliphatic carbocycles. The molecular weight excluding hydrogens is 338 g/mol. The van der Waals surface area contributed by atoms with Crippen LogP contribution in [0.25, 0.3) is 6.08 Å². The summed E-state index contributed by atoms with van der Waals surface area (Å²) >= 11 is 0. The minimum Gasteiger partial charge on any atom is -0.497 e. The Morgan fingerprint density at radius 2 is 1.96 bits per heavy atom. The van der Waals surface area contributed by atoms with Gasteiger partial charge in [-0.15, -0.1) is 0 Å². The summed E-state index contributed by atoms with van der Waals surface area (Å²) in [6, 6.07) is 3.35. The van der Waals surface area contributed by atoms with Crippen LogP contribution in [0.5, 0.6) is 11.5 Å². The van der Waals surface area contributed by atoms with Crippen LogP contribution >= 0.6 is 0 Å². The topological polar surface area (TPSA) is 83.1 Å². The van der Waals surface area contributed by atoms with Crippen molar-refractivity contribution in [2.45, 2.75) is 46.0 Å². The van der Waals surface area contributed by atoms with E-state index in [2.05, 4.69) is 5.32 Å². The number of hydrogen-bond donors (Lipinski definition) is 1. The molecule has 0 atom stereocenters. The van der Waals surface area contributed by atoms with E-state index in [0.717, 1.165) is 0 Å². The number of ether oxygens (including phenoxy) is 4. The molecule has 0 fully saturated rings. The second-order valence-corrected chi connectivity index (χ2v) is 7.27. The molecule has 142 valence electrons. The first-order valence-corrected chi connectivity index (χ1v) is 8.28. The summed E-state index contributed by atoms with van der Waals surface area (Å²) in [5, 5.41) is 2.62. The van der Waals surface area contributed by atoms with Crippen molar-refractivity contribution in [1.82, 2.24) is 5.32 Å². The number of nitrogens with one attached hydrogen (secondary N) is 1. The normalized spacial score (nSPS) is 15.7. The lowest BCUT2D eigenvalue weighted by molar-refractivity contribution is -0.127. The number of carbonyl (C=O) groups is 2. The van der Waals surface area contributed by atoms with Gasteiger partial charge in [0.05, 0.1) is 7.11 Å². The molecule has 7 heteroatoms. The minimum absolute atomic E-state index is 0.238. The number of methoxy groups -OCH3 is 1. The van der Waals surface area contributed by atoms with Crippen molar-refractivity contribution in [3.8, 4) is 11.5 Å². The summed E-state index contributed by atoms with van der Waals surface area (Å²) in [6.07, 6.45) is 2.88. The zero-order chi connectivity index (χ0) is 19.5. The third kappa shape index (κ3) is 5.15. The van der Waals surface area contributed by atoms with Gasteiger partial charge in [-0.05, 0) is 32.4 Å². The van der Waals surface area contributed by atoms with E-state index in [9.17, 15) is 9.59 Å². The first-order valence-electron chi connectivity index (χ1n) is 8.28. The fourth-order valence-electron chi connectivity index (χ4n) is 2.36. The van der Waals surface area contributed by atoms with Gasteiger partial charge in [0.25, 0.3) is 0 Å². The Hall–Kier alpha value is -2.70. The van der Waals surface area contributed by atoms with Crippen LogP contribution in [0.2, 0.25) is 0 Å². The highest BCUT2D eigenvalue weighted by atomic mass is 16.7. The van der Waals surface area contributed by atoms with E-state index in [1.54, 1.807) is 58.9 Å². The maximum Gasteiger partial charge on any atom is 0.407 e. The van der Waals surface area contributed by atoms with Gasteiger partial charge in [0.1, 0.15) is 22.7 Å². The number of fused-ring (bicyclic) bond motifs is 1. The Morgan fingerprint density at radius 3 is 2.58 bits per heavy atom. The molecule has 0 radical (unpaired) electrons. The Morgan fingerprint density at radius 1 is 1.27 bits per heavy atom. The molecular formula is C19H25NO6. The molecule has 1 amide bonds. The lowest BCUT2D eigenvalue weighted by Crippen LogP contribution is -2.39. The Labute approximate surface area is 153 Å². The van der Waals surface area contributed by atoms with Gasteiger partial charge in [0.15, 0.2) is 0 Å². The second kappa shape index (κ2) is 7.27. The molecule has 0 saturated carbocycles. The van der Waals surface area contributed by atoms with Gasteiger partial charge in [0, 0.05) is 26.5 Å². The quantitative estimate of drug-likeness (QED) is 0.824. The largest absolute Gasteiger partial charge is 0.497 e. The van der Waals surface area contributed by atoms with Crippen molar-refractivity contribution in [2.75, 3.05) is 13.7 Å². The number of cyclic esters (lactones) is 1. The number of esters is 1. The SMILES string of the molecule is COc1cc(/C=C/CNC(=O)OC(C)(C)C)c2c(c1)OC(C)(C)OC2=O. The van der Waals surface area contributed by atoms with Crippen molar-refractivity contribution >= 4 is 18.1 Å². The number of hydrogen-bond acceptors (Lipinski definition) is 6. The smallest absolute Gasteiger partial charge is 0.407 e. The van der Waals surface area contributed by atoms with Gasteiger partial charge in [-0.25, -0.2) is 9.59 Å². The van der Waals surface area contributed by atoms with E-state index >= 15 is 0 Å². The Balaban J connectivity index is 2.17. The number of carbonyl (C=O) groups excluding carboxylic acids is 2. The highest BCUT2D eigenvalue weighted by Gasteiger charge is 2.35. The van der Waals surface area contributed by atoms with Gasteiger partial charge in [-0.2, -0.15) is 0 Å². The summed E-state index contributed by atoms with van der Waals surface area (Å²) in [6.45, 7) is 8.93. The van der Waals surface area contributed by atoms with E-state index in [4.69, 9.17) is 18.9 Å². The van der Waals surface area contributed by atoms with E-state index in [-0.39, 0.29) is 6.54 Å². The van der Waals surface area contributed by atoms with Crippen LogP contribution in [0, 0.1) is 0 Å². The molecule has 26 heavy (non-hydrogen) atoms. The number of alkyl carbamates (subject to hydrolysis) is 1. The third-order valence-corrected chi connectivity index (χ3v) is 3.30. The van der Waals surface area contributed by atoms with Crippen LogP contribution in [0.3, 0.4) is 0 Å². The van der Waals surface area contributed by atoms with Crippen molar-refractivity contribution in [3.63, 3.8) is 0 Å². The molecule has 2 rings (SSSR count). The Bertz CT molecular complexity index is 730. The molecule has 0 aromatic heterocycles. The van der Waals surface area contributed by atoms with Crippen LogP contribution in [0.15, 0.2) is 18.2 Å². The van der Waals surface area contributed by atoms with E-state index in [1.807, 2.05) is 0 Å². The molecule has 0 unspecified atom stereocenters. The van der Waals surface area contributed by atoms with E-state index in [1.165, 1.54) is 7.11 Å². The van der Waals surface area contributed by atoms with E-state index < -0.39 is 23.5 Å². The van der Waals surface area contributed by atoms with Gasteiger partial charge in [0.2, 0.25) is 5.79 Å². The fourth-order valence-corrected chi connectivity index (χ4v) is 2.36. The summed E-state index contributed by atoms with van der Waals surface area (Å²) in [5.41, 5.74) is 0.331. The molecule has 0 saturated heterocycles. The zero-order valence-electron chi connectivity index (χ0n) is 16.0. The van der Waals surface area contributed by atoms with Gasteiger partial charge in [-0.3, -0.25) is 0 Å². The molecule has 1 aliphatic rings.